The molecule has 1 heterocycles. The zero-order valence-corrected chi connectivity index (χ0v) is 14.2. The number of thioether (sulfide) groups is 1. The summed E-state index contributed by atoms with van der Waals surface area (Å²) < 4.78 is 1.64. The highest BCUT2D eigenvalue weighted by atomic mass is 32.2. The molecule has 0 fully saturated rings. The van der Waals surface area contributed by atoms with Gasteiger partial charge in [-0.2, -0.15) is 4.68 Å². The molecule has 0 aliphatic rings. The second-order valence-electron chi connectivity index (χ2n) is 5.42. The average molecular weight is 339 g/mol. The molecule has 7 heteroatoms. The third kappa shape index (κ3) is 3.99. The lowest BCUT2D eigenvalue weighted by atomic mass is 10.2. The molecule has 0 aliphatic carbocycles. The molecular formula is C17H17N5OS. The van der Waals surface area contributed by atoms with Gasteiger partial charge in [-0.3, -0.25) is 4.79 Å². The fourth-order valence-corrected chi connectivity index (χ4v) is 2.85. The van der Waals surface area contributed by atoms with Crippen molar-refractivity contribution in [2.75, 3.05) is 11.1 Å². The van der Waals surface area contributed by atoms with Crippen LogP contribution in [-0.4, -0.2) is 31.9 Å². The normalized spacial score (nSPS) is 10.6. The molecule has 122 valence electrons. The maximum atomic E-state index is 12.1. The van der Waals surface area contributed by atoms with Crippen molar-refractivity contribution in [1.82, 2.24) is 20.2 Å². The van der Waals surface area contributed by atoms with Gasteiger partial charge in [-0.25, -0.2) is 0 Å². The molecule has 0 saturated heterocycles. The molecule has 1 aromatic heterocycles. The van der Waals surface area contributed by atoms with Gasteiger partial charge in [-0.1, -0.05) is 41.6 Å². The third-order valence-electron chi connectivity index (χ3n) is 3.35. The van der Waals surface area contributed by atoms with Crippen LogP contribution in [0.1, 0.15) is 11.1 Å². The van der Waals surface area contributed by atoms with E-state index in [0.29, 0.717) is 5.16 Å². The van der Waals surface area contributed by atoms with Crippen LogP contribution in [0.2, 0.25) is 0 Å². The third-order valence-corrected chi connectivity index (χ3v) is 4.27. The largest absolute Gasteiger partial charge is 0.325 e. The van der Waals surface area contributed by atoms with Crippen LogP contribution in [0, 0.1) is 13.8 Å². The Bertz CT molecular complexity index is 844. The molecule has 6 nitrogen and oxygen atoms in total. The van der Waals surface area contributed by atoms with E-state index in [0.717, 1.165) is 22.5 Å². The van der Waals surface area contributed by atoms with Crippen LogP contribution in [0.4, 0.5) is 5.69 Å². The van der Waals surface area contributed by atoms with E-state index in [-0.39, 0.29) is 11.7 Å². The summed E-state index contributed by atoms with van der Waals surface area (Å²) >= 11 is 1.30. The van der Waals surface area contributed by atoms with Crippen molar-refractivity contribution < 1.29 is 4.79 Å². The van der Waals surface area contributed by atoms with E-state index < -0.39 is 0 Å². The SMILES string of the molecule is Cc1ccc(NC(=O)CSc2nnnn2-c2cccc(C)c2)cc1. The molecule has 0 spiro atoms. The number of hydrogen-bond donors (Lipinski definition) is 1. The predicted molar refractivity (Wildman–Crippen MR) is 94.4 cm³/mol. The van der Waals surface area contributed by atoms with Crippen molar-refractivity contribution in [1.29, 1.82) is 0 Å². The molecule has 1 N–H and O–H groups in total. The second kappa shape index (κ2) is 7.27. The van der Waals surface area contributed by atoms with Crippen LogP contribution in [-0.2, 0) is 4.79 Å². The van der Waals surface area contributed by atoms with Crippen molar-refractivity contribution in [2.24, 2.45) is 0 Å². The Balaban J connectivity index is 1.64. The molecule has 3 aromatic rings. The maximum Gasteiger partial charge on any atom is 0.234 e. The van der Waals surface area contributed by atoms with Crippen LogP contribution in [0.5, 0.6) is 0 Å². The zero-order valence-electron chi connectivity index (χ0n) is 13.4. The van der Waals surface area contributed by atoms with Crippen LogP contribution in [0.15, 0.2) is 53.7 Å². The van der Waals surface area contributed by atoms with Gasteiger partial charge in [-0.05, 0) is 54.1 Å². The van der Waals surface area contributed by atoms with E-state index in [4.69, 9.17) is 0 Å². The van der Waals surface area contributed by atoms with E-state index in [1.165, 1.54) is 11.8 Å². The molecular weight excluding hydrogens is 322 g/mol. The fourth-order valence-electron chi connectivity index (χ4n) is 2.15. The minimum absolute atomic E-state index is 0.0948. The zero-order chi connectivity index (χ0) is 16.9. The smallest absolute Gasteiger partial charge is 0.234 e. The van der Waals surface area contributed by atoms with Gasteiger partial charge in [0.25, 0.3) is 0 Å². The van der Waals surface area contributed by atoms with Crippen molar-refractivity contribution in [3.8, 4) is 5.69 Å². The second-order valence-corrected chi connectivity index (χ2v) is 6.36. The number of amides is 1. The van der Waals surface area contributed by atoms with Gasteiger partial charge in [0.15, 0.2) is 0 Å². The number of nitrogens with one attached hydrogen (secondary N) is 1. The van der Waals surface area contributed by atoms with E-state index >= 15 is 0 Å². The lowest BCUT2D eigenvalue weighted by molar-refractivity contribution is -0.113. The fraction of sp³-hybridized carbons (Fsp3) is 0.176. The number of carbonyl (C=O) groups is 1. The molecule has 24 heavy (non-hydrogen) atoms. The molecule has 1 amide bonds. The van der Waals surface area contributed by atoms with Gasteiger partial charge in [-0.15, -0.1) is 5.10 Å². The first-order chi connectivity index (χ1) is 11.6. The Morgan fingerprint density at radius 3 is 2.67 bits per heavy atom. The van der Waals surface area contributed by atoms with Crippen LogP contribution in [0.3, 0.4) is 0 Å². The molecule has 0 radical (unpaired) electrons. The summed E-state index contributed by atoms with van der Waals surface area (Å²) in [5.41, 5.74) is 3.93. The number of benzene rings is 2. The highest BCUT2D eigenvalue weighted by molar-refractivity contribution is 7.99. The first-order valence-corrected chi connectivity index (χ1v) is 8.45. The van der Waals surface area contributed by atoms with Crippen molar-refractivity contribution in [2.45, 2.75) is 19.0 Å². The lowest BCUT2D eigenvalue weighted by Crippen LogP contribution is -2.14. The summed E-state index contributed by atoms with van der Waals surface area (Å²) in [6.45, 7) is 4.02. The minimum atomic E-state index is -0.0948. The summed E-state index contributed by atoms with van der Waals surface area (Å²) in [6.07, 6.45) is 0. The molecule has 3 rings (SSSR count). The summed E-state index contributed by atoms with van der Waals surface area (Å²) in [4.78, 5) is 12.1. The highest BCUT2D eigenvalue weighted by Gasteiger charge is 2.11. The van der Waals surface area contributed by atoms with Crippen LogP contribution >= 0.6 is 11.8 Å². The summed E-state index contributed by atoms with van der Waals surface area (Å²) in [5.74, 6) is 0.141. The Kier molecular flexibility index (Phi) is 4.90. The van der Waals surface area contributed by atoms with Crippen LogP contribution in [0.25, 0.3) is 5.69 Å². The monoisotopic (exact) mass is 339 g/mol. The van der Waals surface area contributed by atoms with Gasteiger partial charge < -0.3 is 5.32 Å². The Hall–Kier alpha value is -2.67. The number of aryl methyl sites for hydroxylation is 2. The lowest BCUT2D eigenvalue weighted by Gasteiger charge is -2.06. The Morgan fingerprint density at radius 2 is 1.92 bits per heavy atom. The van der Waals surface area contributed by atoms with Gasteiger partial charge in [0.05, 0.1) is 11.4 Å². The molecule has 0 aliphatic heterocycles. The maximum absolute atomic E-state index is 12.1. The number of carbonyl (C=O) groups excluding carboxylic acids is 1. The van der Waals surface area contributed by atoms with Crippen molar-refractivity contribution >= 4 is 23.4 Å². The number of nitrogens with zero attached hydrogens (tertiary/aromatic N) is 4. The van der Waals surface area contributed by atoms with Crippen molar-refractivity contribution in [3.63, 3.8) is 0 Å². The standard InChI is InChI=1S/C17H17N5OS/c1-12-6-8-14(9-7-12)18-16(23)11-24-17-19-20-21-22(17)15-5-3-4-13(2)10-15/h3-10H,11H2,1-2H3,(H,18,23). The van der Waals surface area contributed by atoms with Gasteiger partial charge >= 0.3 is 0 Å². The molecule has 0 bridgehead atoms. The van der Waals surface area contributed by atoms with Gasteiger partial charge in [0, 0.05) is 5.69 Å². The Labute approximate surface area is 144 Å². The summed E-state index contributed by atoms with van der Waals surface area (Å²) in [6, 6.07) is 15.6. The first kappa shape index (κ1) is 16.2. The number of hydrogen-bond acceptors (Lipinski definition) is 5. The van der Waals surface area contributed by atoms with Gasteiger partial charge in [0.2, 0.25) is 11.1 Å². The average Bonchev–Trinajstić information content (AvgIpc) is 3.04. The summed E-state index contributed by atoms with van der Waals surface area (Å²) in [7, 11) is 0. The van der Waals surface area contributed by atoms with E-state index in [1.54, 1.807) is 4.68 Å². The van der Waals surface area contributed by atoms with Crippen LogP contribution < -0.4 is 5.32 Å². The number of rotatable bonds is 5. The molecule has 0 saturated carbocycles. The quantitative estimate of drug-likeness (QED) is 0.724. The van der Waals surface area contributed by atoms with Crippen molar-refractivity contribution in [3.05, 3.63) is 59.7 Å². The topological polar surface area (TPSA) is 72.7 Å². The van der Waals surface area contributed by atoms with Gasteiger partial charge in [0.1, 0.15) is 0 Å². The van der Waals surface area contributed by atoms with E-state index in [2.05, 4.69) is 20.8 Å². The summed E-state index contributed by atoms with van der Waals surface area (Å²) in [5, 5.41) is 15.2. The highest BCUT2D eigenvalue weighted by Crippen LogP contribution is 2.19. The molecule has 0 unspecified atom stereocenters. The van der Waals surface area contributed by atoms with E-state index in [1.807, 2.05) is 62.4 Å². The number of tetrazole rings is 1. The molecule has 2 aromatic carbocycles. The first-order valence-electron chi connectivity index (χ1n) is 7.46. The van der Waals surface area contributed by atoms with E-state index in [9.17, 15) is 4.79 Å². The number of aromatic nitrogens is 4. The minimum Gasteiger partial charge on any atom is -0.325 e. The number of anilines is 1. The molecule has 0 atom stereocenters. The predicted octanol–water partition coefficient (Wildman–Crippen LogP) is 3.01. The Morgan fingerprint density at radius 1 is 1.12 bits per heavy atom.